The van der Waals surface area contributed by atoms with E-state index in [1.807, 2.05) is 6.07 Å². The lowest BCUT2D eigenvalue weighted by atomic mass is 10.1. The quantitative estimate of drug-likeness (QED) is 0.794. The predicted molar refractivity (Wildman–Crippen MR) is 65.3 cm³/mol. The van der Waals surface area contributed by atoms with E-state index in [1.165, 1.54) is 44.6 Å². The van der Waals surface area contributed by atoms with Crippen LogP contribution < -0.4 is 5.32 Å². The summed E-state index contributed by atoms with van der Waals surface area (Å²) in [6.07, 6.45) is 5.96. The molecule has 4 heteroatoms. The van der Waals surface area contributed by atoms with Gasteiger partial charge in [0.05, 0.1) is 5.69 Å². The highest BCUT2D eigenvalue weighted by Crippen LogP contribution is 2.09. The van der Waals surface area contributed by atoms with Crippen molar-refractivity contribution in [3.8, 4) is 0 Å². The number of H-pyrrole nitrogens is 1. The topological polar surface area (TPSA) is 44.0 Å². The maximum absolute atomic E-state index is 3.97. The summed E-state index contributed by atoms with van der Waals surface area (Å²) >= 11 is 0. The Morgan fingerprint density at radius 1 is 1.44 bits per heavy atom. The number of hydrogen-bond acceptors (Lipinski definition) is 3. The van der Waals surface area contributed by atoms with Gasteiger partial charge in [-0.2, -0.15) is 5.10 Å². The number of hydrogen-bond donors (Lipinski definition) is 2. The summed E-state index contributed by atoms with van der Waals surface area (Å²) in [5.41, 5.74) is 1.17. The van der Waals surface area contributed by atoms with Crippen molar-refractivity contribution >= 4 is 0 Å². The van der Waals surface area contributed by atoms with Crippen molar-refractivity contribution in [3.05, 3.63) is 18.0 Å². The molecular weight excluding hydrogens is 200 g/mol. The molecule has 4 nitrogen and oxygen atoms in total. The summed E-state index contributed by atoms with van der Waals surface area (Å²) in [5.74, 6) is 0. The third-order valence-corrected chi connectivity index (χ3v) is 3.32. The van der Waals surface area contributed by atoms with E-state index < -0.39 is 0 Å². The summed E-state index contributed by atoms with van der Waals surface area (Å²) in [7, 11) is 0. The molecular formula is C12H22N4. The molecule has 2 heterocycles. The van der Waals surface area contributed by atoms with Crippen LogP contribution in [0.5, 0.6) is 0 Å². The molecule has 0 spiro atoms. The number of likely N-dealkylation sites (tertiary alicyclic amines) is 1. The van der Waals surface area contributed by atoms with Gasteiger partial charge in [-0.1, -0.05) is 6.42 Å². The fraction of sp³-hybridized carbons (Fsp3) is 0.750. The summed E-state index contributed by atoms with van der Waals surface area (Å²) in [5, 5.41) is 10.5. The van der Waals surface area contributed by atoms with Gasteiger partial charge < -0.3 is 10.2 Å². The zero-order valence-corrected chi connectivity index (χ0v) is 10.1. The molecule has 16 heavy (non-hydrogen) atoms. The Bertz CT molecular complexity index is 277. The Morgan fingerprint density at radius 2 is 2.25 bits per heavy atom. The number of rotatable bonds is 5. The van der Waals surface area contributed by atoms with Gasteiger partial charge in [0, 0.05) is 25.3 Å². The van der Waals surface area contributed by atoms with Crippen LogP contribution in [0.2, 0.25) is 0 Å². The van der Waals surface area contributed by atoms with E-state index in [2.05, 4.69) is 27.3 Å². The fourth-order valence-electron chi connectivity index (χ4n) is 2.24. The highest BCUT2D eigenvalue weighted by Gasteiger charge is 2.10. The standard InChI is InChI=1S/C12H22N4/c1-11(12-5-6-14-15-12)13-7-10-16-8-3-2-4-9-16/h5-6,11,13H,2-4,7-10H2,1H3,(H,14,15). The average molecular weight is 222 g/mol. The van der Waals surface area contributed by atoms with E-state index in [0.717, 1.165) is 6.54 Å². The fourth-order valence-corrected chi connectivity index (χ4v) is 2.24. The Kier molecular flexibility index (Phi) is 4.36. The molecule has 1 atom stereocenters. The van der Waals surface area contributed by atoms with Gasteiger partial charge in [-0.25, -0.2) is 0 Å². The predicted octanol–water partition coefficient (Wildman–Crippen LogP) is 1.55. The van der Waals surface area contributed by atoms with Gasteiger partial charge in [0.1, 0.15) is 0 Å². The molecule has 1 unspecified atom stereocenters. The minimum absolute atomic E-state index is 0.368. The zero-order chi connectivity index (χ0) is 11.2. The van der Waals surface area contributed by atoms with Crippen LogP contribution in [0, 0.1) is 0 Å². The van der Waals surface area contributed by atoms with Gasteiger partial charge in [-0.15, -0.1) is 0 Å². The third kappa shape index (κ3) is 3.32. The van der Waals surface area contributed by atoms with Crippen molar-refractivity contribution in [1.29, 1.82) is 0 Å². The van der Waals surface area contributed by atoms with Gasteiger partial charge in [-0.05, 0) is 38.9 Å². The molecule has 1 fully saturated rings. The Morgan fingerprint density at radius 3 is 2.94 bits per heavy atom. The molecule has 0 aromatic carbocycles. The van der Waals surface area contributed by atoms with E-state index >= 15 is 0 Å². The van der Waals surface area contributed by atoms with E-state index in [9.17, 15) is 0 Å². The highest BCUT2D eigenvalue weighted by molar-refractivity contribution is 5.02. The van der Waals surface area contributed by atoms with Crippen molar-refractivity contribution in [2.75, 3.05) is 26.2 Å². The van der Waals surface area contributed by atoms with Gasteiger partial charge in [-0.3, -0.25) is 5.10 Å². The minimum Gasteiger partial charge on any atom is -0.308 e. The number of aromatic nitrogens is 2. The van der Waals surface area contributed by atoms with Crippen LogP contribution >= 0.6 is 0 Å². The van der Waals surface area contributed by atoms with Crippen LogP contribution in [-0.4, -0.2) is 41.3 Å². The van der Waals surface area contributed by atoms with Crippen molar-refractivity contribution in [2.24, 2.45) is 0 Å². The Labute approximate surface area is 97.4 Å². The molecule has 0 amide bonds. The highest BCUT2D eigenvalue weighted by atomic mass is 15.2. The largest absolute Gasteiger partial charge is 0.308 e. The molecule has 1 aromatic rings. The molecule has 0 saturated carbocycles. The van der Waals surface area contributed by atoms with Crippen molar-refractivity contribution in [1.82, 2.24) is 20.4 Å². The van der Waals surface area contributed by atoms with Gasteiger partial charge in [0.2, 0.25) is 0 Å². The van der Waals surface area contributed by atoms with Crippen LogP contribution in [0.4, 0.5) is 0 Å². The number of nitrogens with zero attached hydrogens (tertiary/aromatic N) is 2. The molecule has 1 aromatic heterocycles. The number of aromatic amines is 1. The summed E-state index contributed by atoms with van der Waals surface area (Å²) in [6.45, 7) is 6.95. The first-order valence-corrected chi connectivity index (χ1v) is 6.31. The third-order valence-electron chi connectivity index (χ3n) is 3.32. The Balaban J connectivity index is 1.63. The van der Waals surface area contributed by atoms with Crippen molar-refractivity contribution in [2.45, 2.75) is 32.2 Å². The maximum atomic E-state index is 3.97. The second-order valence-corrected chi connectivity index (χ2v) is 4.59. The van der Waals surface area contributed by atoms with E-state index in [0.29, 0.717) is 6.04 Å². The molecule has 2 rings (SSSR count). The first kappa shape index (κ1) is 11.6. The van der Waals surface area contributed by atoms with Crippen LogP contribution in [-0.2, 0) is 0 Å². The monoisotopic (exact) mass is 222 g/mol. The second-order valence-electron chi connectivity index (χ2n) is 4.59. The van der Waals surface area contributed by atoms with Crippen LogP contribution in [0.3, 0.4) is 0 Å². The summed E-state index contributed by atoms with van der Waals surface area (Å²) in [4.78, 5) is 2.55. The normalized spacial score (nSPS) is 19.8. The second kappa shape index (κ2) is 6.01. The molecule has 90 valence electrons. The lowest BCUT2D eigenvalue weighted by Crippen LogP contribution is -2.36. The first-order valence-electron chi connectivity index (χ1n) is 6.31. The molecule has 1 saturated heterocycles. The molecule has 0 bridgehead atoms. The molecule has 1 aliphatic rings. The van der Waals surface area contributed by atoms with Crippen LogP contribution in [0.15, 0.2) is 12.3 Å². The Hall–Kier alpha value is -0.870. The summed E-state index contributed by atoms with van der Waals surface area (Å²) < 4.78 is 0. The molecule has 0 radical (unpaired) electrons. The minimum atomic E-state index is 0.368. The number of piperidine rings is 1. The smallest absolute Gasteiger partial charge is 0.0518 e. The average Bonchev–Trinajstić information content (AvgIpc) is 2.84. The van der Waals surface area contributed by atoms with Gasteiger partial charge >= 0.3 is 0 Å². The first-order chi connectivity index (χ1) is 7.86. The van der Waals surface area contributed by atoms with Crippen LogP contribution in [0.25, 0.3) is 0 Å². The van der Waals surface area contributed by atoms with Crippen molar-refractivity contribution < 1.29 is 0 Å². The molecule has 0 aliphatic carbocycles. The van der Waals surface area contributed by atoms with E-state index in [1.54, 1.807) is 6.20 Å². The van der Waals surface area contributed by atoms with Gasteiger partial charge in [0.25, 0.3) is 0 Å². The lowest BCUT2D eigenvalue weighted by molar-refractivity contribution is 0.226. The van der Waals surface area contributed by atoms with Crippen LogP contribution in [0.1, 0.15) is 37.9 Å². The number of nitrogens with one attached hydrogen (secondary N) is 2. The van der Waals surface area contributed by atoms with Crippen molar-refractivity contribution in [3.63, 3.8) is 0 Å². The SMILES string of the molecule is CC(NCCN1CCCCC1)c1ccn[nH]1. The van der Waals surface area contributed by atoms with E-state index in [4.69, 9.17) is 0 Å². The molecule has 1 aliphatic heterocycles. The van der Waals surface area contributed by atoms with Gasteiger partial charge in [0.15, 0.2) is 0 Å². The lowest BCUT2D eigenvalue weighted by Gasteiger charge is -2.27. The maximum Gasteiger partial charge on any atom is 0.0518 e. The zero-order valence-electron chi connectivity index (χ0n) is 10.1. The van der Waals surface area contributed by atoms with E-state index in [-0.39, 0.29) is 0 Å². The summed E-state index contributed by atoms with van der Waals surface area (Å²) in [6, 6.07) is 2.39. The molecule has 2 N–H and O–H groups in total.